The zero-order valence-corrected chi connectivity index (χ0v) is 15.7. The van der Waals surface area contributed by atoms with Crippen LogP contribution in [0.1, 0.15) is 5.69 Å². The number of sulfone groups is 1. The van der Waals surface area contributed by atoms with Gasteiger partial charge in [0.15, 0.2) is 26.8 Å². The molecule has 0 atom stereocenters. The van der Waals surface area contributed by atoms with Crippen molar-refractivity contribution >= 4 is 38.5 Å². The Labute approximate surface area is 161 Å². The molecule has 0 unspecified atom stereocenters. The summed E-state index contributed by atoms with van der Waals surface area (Å²) in [6, 6.07) is 12.1. The molecule has 0 radical (unpaired) electrons. The van der Waals surface area contributed by atoms with E-state index in [0.717, 1.165) is 5.69 Å². The van der Waals surface area contributed by atoms with Crippen LogP contribution in [-0.4, -0.2) is 39.6 Å². The average molecular weight is 395 g/mol. The van der Waals surface area contributed by atoms with Gasteiger partial charge < -0.3 is 15.6 Å². The Bertz CT molecular complexity index is 1210. The van der Waals surface area contributed by atoms with E-state index in [0.29, 0.717) is 35.2 Å². The summed E-state index contributed by atoms with van der Waals surface area (Å²) in [4.78, 5) is 20.6. The number of aromatic amines is 1. The maximum Gasteiger partial charge on any atom is 0.227 e. The van der Waals surface area contributed by atoms with Gasteiger partial charge in [0.25, 0.3) is 0 Å². The molecular weight excluding hydrogens is 378 g/mol. The van der Waals surface area contributed by atoms with E-state index in [1.165, 1.54) is 6.26 Å². The topological polar surface area (TPSA) is 126 Å². The van der Waals surface area contributed by atoms with E-state index in [-0.39, 0.29) is 4.90 Å². The van der Waals surface area contributed by atoms with E-state index in [1.54, 1.807) is 36.8 Å². The summed E-state index contributed by atoms with van der Waals surface area (Å²) in [5, 5.41) is 6.31. The molecule has 3 aromatic heterocycles. The molecule has 4 aromatic rings. The number of fused-ring (bicyclic) bond motifs is 1. The summed E-state index contributed by atoms with van der Waals surface area (Å²) in [7, 11) is -3.25. The van der Waals surface area contributed by atoms with Gasteiger partial charge in [-0.3, -0.25) is 4.98 Å². The lowest BCUT2D eigenvalue weighted by Crippen LogP contribution is -2.07. The van der Waals surface area contributed by atoms with Crippen LogP contribution in [0.3, 0.4) is 0 Å². The van der Waals surface area contributed by atoms with Crippen LogP contribution < -0.4 is 10.6 Å². The van der Waals surface area contributed by atoms with Crippen molar-refractivity contribution in [3.8, 4) is 0 Å². The molecular formula is C18H17N7O2S. The Kier molecular flexibility index (Phi) is 4.62. The Hall–Kier alpha value is -3.53. The summed E-state index contributed by atoms with van der Waals surface area (Å²) in [5.74, 6) is 0.916. The van der Waals surface area contributed by atoms with E-state index >= 15 is 0 Å². The van der Waals surface area contributed by atoms with Crippen molar-refractivity contribution in [1.29, 1.82) is 0 Å². The van der Waals surface area contributed by atoms with Gasteiger partial charge in [0.1, 0.15) is 0 Å². The zero-order chi connectivity index (χ0) is 19.6. The number of nitrogens with one attached hydrogen (secondary N) is 3. The molecule has 4 rings (SSSR count). The summed E-state index contributed by atoms with van der Waals surface area (Å²) in [5.41, 5.74) is 2.71. The van der Waals surface area contributed by atoms with Gasteiger partial charge in [0, 0.05) is 18.1 Å². The second-order valence-electron chi connectivity index (χ2n) is 6.09. The number of nitrogens with zero attached hydrogens (tertiary/aromatic N) is 4. The molecule has 0 aliphatic carbocycles. The predicted octanol–water partition coefficient (Wildman–Crippen LogP) is 2.51. The molecule has 0 aliphatic heterocycles. The molecule has 0 spiro atoms. The van der Waals surface area contributed by atoms with Crippen LogP contribution in [0.25, 0.3) is 11.2 Å². The standard InChI is InChI=1S/C18H17N7O2S/c1-28(26,27)14-7-5-12(6-8-14)23-17-15-16(22-11-21-15)24-18(25-17)20-10-13-4-2-3-9-19-13/h2-9,11H,10H2,1H3,(H3,20,21,22,23,24,25). The third kappa shape index (κ3) is 3.91. The highest BCUT2D eigenvalue weighted by molar-refractivity contribution is 7.90. The number of hydrogen-bond donors (Lipinski definition) is 3. The van der Waals surface area contributed by atoms with Crippen LogP contribution >= 0.6 is 0 Å². The molecule has 9 nitrogen and oxygen atoms in total. The van der Waals surface area contributed by atoms with Gasteiger partial charge in [-0.25, -0.2) is 13.4 Å². The van der Waals surface area contributed by atoms with Crippen LogP contribution in [0, 0.1) is 0 Å². The molecule has 28 heavy (non-hydrogen) atoms. The molecule has 3 heterocycles. The van der Waals surface area contributed by atoms with Gasteiger partial charge >= 0.3 is 0 Å². The number of H-pyrrole nitrogens is 1. The highest BCUT2D eigenvalue weighted by Crippen LogP contribution is 2.24. The van der Waals surface area contributed by atoms with Gasteiger partial charge in [0.05, 0.1) is 23.5 Å². The Morgan fingerprint density at radius 2 is 1.86 bits per heavy atom. The van der Waals surface area contributed by atoms with Gasteiger partial charge in [-0.2, -0.15) is 9.97 Å². The zero-order valence-electron chi connectivity index (χ0n) is 14.9. The van der Waals surface area contributed by atoms with Gasteiger partial charge in [0.2, 0.25) is 5.95 Å². The van der Waals surface area contributed by atoms with Crippen molar-refractivity contribution in [1.82, 2.24) is 24.9 Å². The second-order valence-corrected chi connectivity index (χ2v) is 8.11. The van der Waals surface area contributed by atoms with Gasteiger partial charge in [-0.1, -0.05) is 6.07 Å². The first kappa shape index (κ1) is 17.9. The fraction of sp³-hybridized carbons (Fsp3) is 0.111. The Morgan fingerprint density at radius 3 is 2.57 bits per heavy atom. The first-order valence-corrected chi connectivity index (χ1v) is 10.3. The minimum Gasteiger partial charge on any atom is -0.348 e. The SMILES string of the molecule is CS(=O)(=O)c1ccc(Nc2nc(NCc3ccccn3)nc3[nH]cnc23)cc1. The normalized spacial score (nSPS) is 11.5. The number of hydrogen-bond acceptors (Lipinski definition) is 8. The predicted molar refractivity (Wildman–Crippen MR) is 106 cm³/mol. The Morgan fingerprint density at radius 1 is 1.04 bits per heavy atom. The van der Waals surface area contributed by atoms with Crippen LogP contribution in [-0.2, 0) is 16.4 Å². The van der Waals surface area contributed by atoms with Crippen LogP contribution in [0.5, 0.6) is 0 Å². The van der Waals surface area contributed by atoms with E-state index in [1.807, 2.05) is 18.2 Å². The maximum absolute atomic E-state index is 11.6. The quantitative estimate of drug-likeness (QED) is 0.455. The molecule has 0 fully saturated rings. The van der Waals surface area contributed by atoms with Crippen molar-refractivity contribution in [3.05, 3.63) is 60.7 Å². The fourth-order valence-corrected chi connectivity index (χ4v) is 3.23. The largest absolute Gasteiger partial charge is 0.348 e. The molecule has 3 N–H and O–H groups in total. The fourth-order valence-electron chi connectivity index (χ4n) is 2.60. The smallest absolute Gasteiger partial charge is 0.227 e. The number of benzene rings is 1. The van der Waals surface area contributed by atoms with E-state index in [2.05, 4.69) is 35.6 Å². The molecule has 142 valence electrons. The van der Waals surface area contributed by atoms with Crippen molar-refractivity contribution in [3.63, 3.8) is 0 Å². The lowest BCUT2D eigenvalue weighted by molar-refractivity contribution is 0.602. The van der Waals surface area contributed by atoms with Crippen molar-refractivity contribution < 1.29 is 8.42 Å². The minimum absolute atomic E-state index is 0.253. The van der Waals surface area contributed by atoms with E-state index in [9.17, 15) is 8.42 Å². The highest BCUT2D eigenvalue weighted by atomic mass is 32.2. The molecule has 0 saturated carbocycles. The van der Waals surface area contributed by atoms with Crippen LogP contribution in [0.4, 0.5) is 17.5 Å². The average Bonchev–Trinajstić information content (AvgIpc) is 3.16. The van der Waals surface area contributed by atoms with E-state index < -0.39 is 9.84 Å². The first-order chi connectivity index (χ1) is 13.5. The molecule has 0 aliphatic rings. The highest BCUT2D eigenvalue weighted by Gasteiger charge is 2.12. The lowest BCUT2D eigenvalue weighted by Gasteiger charge is -2.10. The number of imidazole rings is 1. The maximum atomic E-state index is 11.6. The van der Waals surface area contributed by atoms with Crippen LogP contribution in [0.2, 0.25) is 0 Å². The summed E-state index contributed by atoms with van der Waals surface area (Å²) in [6.45, 7) is 0.475. The van der Waals surface area contributed by atoms with Crippen LogP contribution in [0.15, 0.2) is 59.9 Å². The van der Waals surface area contributed by atoms with Gasteiger partial charge in [-0.15, -0.1) is 0 Å². The number of rotatable bonds is 6. The van der Waals surface area contributed by atoms with Crippen molar-refractivity contribution in [2.75, 3.05) is 16.9 Å². The summed E-state index contributed by atoms with van der Waals surface area (Å²) in [6.07, 6.45) is 4.44. The summed E-state index contributed by atoms with van der Waals surface area (Å²) >= 11 is 0. The lowest BCUT2D eigenvalue weighted by atomic mass is 10.3. The van der Waals surface area contributed by atoms with Crippen molar-refractivity contribution in [2.24, 2.45) is 0 Å². The molecule has 0 saturated heterocycles. The minimum atomic E-state index is -3.25. The second kappa shape index (κ2) is 7.24. The molecule has 1 aromatic carbocycles. The summed E-state index contributed by atoms with van der Waals surface area (Å²) < 4.78 is 23.2. The first-order valence-electron chi connectivity index (χ1n) is 8.41. The molecule has 0 amide bonds. The third-order valence-corrected chi connectivity index (χ3v) is 5.11. The Balaban J connectivity index is 1.60. The molecule has 0 bridgehead atoms. The van der Waals surface area contributed by atoms with Crippen molar-refractivity contribution in [2.45, 2.75) is 11.4 Å². The third-order valence-electron chi connectivity index (χ3n) is 3.98. The van der Waals surface area contributed by atoms with Gasteiger partial charge in [-0.05, 0) is 36.4 Å². The molecule has 10 heteroatoms. The number of aromatic nitrogens is 5. The number of anilines is 3. The number of pyridine rings is 1. The monoisotopic (exact) mass is 395 g/mol. The van der Waals surface area contributed by atoms with E-state index in [4.69, 9.17) is 0 Å².